The highest BCUT2D eigenvalue weighted by Gasteiger charge is 2.38. The highest BCUT2D eigenvalue weighted by Crippen LogP contribution is 2.33. The summed E-state index contributed by atoms with van der Waals surface area (Å²) in [6, 6.07) is 43.6. The second kappa shape index (κ2) is 7.55. The van der Waals surface area contributed by atoms with Crippen LogP contribution < -0.4 is 0 Å². The number of para-hydroxylation sites is 4. The summed E-state index contributed by atoms with van der Waals surface area (Å²) in [5, 5.41) is 4.88. The van der Waals surface area contributed by atoms with E-state index in [0.717, 1.165) is 0 Å². The molecule has 0 N–H and O–H groups in total. The molecule has 0 saturated heterocycles. The van der Waals surface area contributed by atoms with Crippen molar-refractivity contribution in [1.29, 1.82) is 0 Å². The van der Waals surface area contributed by atoms with Crippen molar-refractivity contribution in [2.24, 2.45) is 0 Å². The Morgan fingerprint density at radius 3 is 0.811 bits per heavy atom. The molecule has 4 heterocycles. The molecule has 0 amide bonds. The Morgan fingerprint density at radius 1 is 0.297 bits per heavy atom. The van der Waals surface area contributed by atoms with Crippen LogP contribution in [0.3, 0.4) is 0 Å². The molecule has 176 valence electrons. The molecule has 0 bridgehead atoms. The van der Waals surface area contributed by atoms with E-state index in [9.17, 15) is 0 Å². The summed E-state index contributed by atoms with van der Waals surface area (Å²) >= 11 is 0. The number of aromatic nitrogens is 4. The summed E-state index contributed by atoms with van der Waals surface area (Å²) < 4.78 is 9.89. The predicted molar refractivity (Wildman–Crippen MR) is 155 cm³/mol. The van der Waals surface area contributed by atoms with Gasteiger partial charge in [0.2, 0.25) is 0 Å². The smallest absolute Gasteiger partial charge is 0.402 e. The number of fused-ring (bicyclic) bond motifs is 4. The SMILES string of the molecule is c1ccc2c(c1)ccn2[B-](n1ccc2ccccc21)(n1ccc2ccccc21)n1ccc2ccccc21. The molecular weight excluding hydrogens is 451 g/mol. The Hall–Kier alpha value is -4.90. The van der Waals surface area contributed by atoms with E-state index in [1.54, 1.807) is 0 Å². The Balaban J connectivity index is 1.65. The van der Waals surface area contributed by atoms with Gasteiger partial charge in [-0.2, -0.15) is 0 Å². The lowest BCUT2D eigenvalue weighted by molar-refractivity contribution is 0.869. The van der Waals surface area contributed by atoms with Crippen molar-refractivity contribution in [2.45, 2.75) is 0 Å². The lowest BCUT2D eigenvalue weighted by atomic mass is 9.70. The third kappa shape index (κ3) is 2.68. The van der Waals surface area contributed by atoms with Gasteiger partial charge < -0.3 is 17.9 Å². The molecule has 0 aliphatic rings. The van der Waals surface area contributed by atoms with Gasteiger partial charge in [0.15, 0.2) is 0 Å². The van der Waals surface area contributed by atoms with Crippen LogP contribution in [0.2, 0.25) is 0 Å². The fraction of sp³-hybridized carbons (Fsp3) is 0. The van der Waals surface area contributed by atoms with E-state index in [0.29, 0.717) is 0 Å². The van der Waals surface area contributed by atoms with Crippen molar-refractivity contribution in [3.8, 4) is 0 Å². The van der Waals surface area contributed by atoms with Gasteiger partial charge in [-0.1, -0.05) is 72.8 Å². The van der Waals surface area contributed by atoms with E-state index < -0.39 is 6.69 Å². The molecule has 0 spiro atoms. The zero-order chi connectivity index (χ0) is 24.4. The molecule has 0 atom stereocenters. The average Bonchev–Trinajstić information content (AvgIpc) is 3.75. The fourth-order valence-corrected chi connectivity index (χ4v) is 6.43. The first kappa shape index (κ1) is 20.3. The second-order valence-corrected chi connectivity index (χ2v) is 9.82. The highest BCUT2D eigenvalue weighted by molar-refractivity contribution is 6.77. The topological polar surface area (TPSA) is 19.7 Å². The monoisotopic (exact) mass is 475 g/mol. The fourth-order valence-electron chi connectivity index (χ4n) is 6.43. The van der Waals surface area contributed by atoms with E-state index in [1.165, 1.54) is 43.6 Å². The third-order valence-corrected chi connectivity index (χ3v) is 8.01. The molecule has 0 fully saturated rings. The molecule has 8 aromatic rings. The van der Waals surface area contributed by atoms with Crippen LogP contribution in [0.15, 0.2) is 146 Å². The van der Waals surface area contributed by atoms with Crippen LogP contribution in [-0.2, 0) is 0 Å². The molecule has 0 aliphatic heterocycles. The van der Waals surface area contributed by atoms with Gasteiger partial charge in [0.1, 0.15) is 0 Å². The van der Waals surface area contributed by atoms with Crippen LogP contribution in [-0.4, -0.2) is 24.6 Å². The van der Waals surface area contributed by atoms with Crippen LogP contribution >= 0.6 is 0 Å². The lowest BCUT2D eigenvalue weighted by Gasteiger charge is -2.49. The van der Waals surface area contributed by atoms with Gasteiger partial charge in [-0.05, 0) is 94.9 Å². The summed E-state index contributed by atoms with van der Waals surface area (Å²) in [6.45, 7) is -1.84. The van der Waals surface area contributed by atoms with Crippen LogP contribution in [0.25, 0.3) is 43.6 Å². The Morgan fingerprint density at radius 2 is 0.541 bits per heavy atom. The average molecular weight is 475 g/mol. The molecule has 8 rings (SSSR count). The van der Waals surface area contributed by atoms with Crippen LogP contribution in [0.5, 0.6) is 0 Å². The minimum absolute atomic E-state index is 1.19. The summed E-state index contributed by atoms with van der Waals surface area (Å²) in [5.74, 6) is 0. The Kier molecular flexibility index (Phi) is 4.14. The number of rotatable bonds is 4. The van der Waals surface area contributed by atoms with Crippen molar-refractivity contribution in [3.63, 3.8) is 0 Å². The maximum absolute atomic E-state index is 2.47. The van der Waals surface area contributed by atoms with Crippen molar-refractivity contribution in [3.05, 3.63) is 146 Å². The molecule has 37 heavy (non-hydrogen) atoms. The van der Waals surface area contributed by atoms with Crippen LogP contribution in [0.1, 0.15) is 0 Å². The van der Waals surface area contributed by atoms with Crippen molar-refractivity contribution >= 4 is 50.3 Å². The Bertz CT molecular complexity index is 1770. The minimum Gasteiger partial charge on any atom is -0.465 e. The molecular formula is C32H24BN4-. The number of hydrogen-bond donors (Lipinski definition) is 0. The summed E-state index contributed by atoms with van der Waals surface area (Å²) in [4.78, 5) is 0. The van der Waals surface area contributed by atoms with Gasteiger partial charge in [0, 0.05) is 22.1 Å². The van der Waals surface area contributed by atoms with Crippen LogP contribution in [0.4, 0.5) is 0 Å². The van der Waals surface area contributed by atoms with Gasteiger partial charge in [-0.15, -0.1) is 0 Å². The quantitative estimate of drug-likeness (QED) is 0.236. The van der Waals surface area contributed by atoms with E-state index in [1.807, 2.05) is 0 Å². The molecule has 0 aliphatic carbocycles. The van der Waals surface area contributed by atoms with E-state index in [4.69, 9.17) is 0 Å². The van der Waals surface area contributed by atoms with Crippen molar-refractivity contribution < 1.29 is 0 Å². The first-order valence-corrected chi connectivity index (χ1v) is 12.8. The first-order valence-electron chi connectivity index (χ1n) is 12.8. The lowest BCUT2D eigenvalue weighted by Crippen LogP contribution is -2.63. The van der Waals surface area contributed by atoms with Gasteiger partial charge in [0.25, 0.3) is 0 Å². The van der Waals surface area contributed by atoms with E-state index >= 15 is 0 Å². The maximum atomic E-state index is 2.47. The zero-order valence-electron chi connectivity index (χ0n) is 20.2. The normalized spacial score (nSPS) is 12.3. The minimum atomic E-state index is -1.84. The van der Waals surface area contributed by atoms with Gasteiger partial charge in [0.05, 0.1) is 0 Å². The molecule has 4 aromatic heterocycles. The number of hydrogen-bond acceptors (Lipinski definition) is 0. The largest absolute Gasteiger partial charge is 0.465 e. The highest BCUT2D eigenvalue weighted by atomic mass is 15.4. The van der Waals surface area contributed by atoms with Crippen molar-refractivity contribution in [2.75, 3.05) is 0 Å². The number of nitrogens with zero attached hydrogens (tertiary/aromatic N) is 4. The standard InChI is InChI=1S/C32H24BN4/c1-5-13-29-25(9-1)17-21-34(29)33(35-22-18-26-10-2-6-14-30(26)35,36-23-19-27-11-3-7-15-31(27)36)37-24-20-28-12-4-8-16-32(28)37/h1-24H/q-1. The molecule has 0 saturated carbocycles. The second-order valence-electron chi connectivity index (χ2n) is 9.82. The maximum Gasteiger partial charge on any atom is 0.402 e. The first-order chi connectivity index (χ1) is 18.4. The third-order valence-electron chi connectivity index (χ3n) is 8.01. The van der Waals surface area contributed by atoms with Crippen LogP contribution in [0, 0.1) is 0 Å². The molecule has 4 aromatic carbocycles. The number of benzene rings is 4. The Labute approximate surface area is 214 Å². The van der Waals surface area contributed by atoms with E-state index in [-0.39, 0.29) is 0 Å². The van der Waals surface area contributed by atoms with Gasteiger partial charge in [-0.3, -0.25) is 0 Å². The molecule has 5 heteroatoms. The summed E-state index contributed by atoms with van der Waals surface area (Å²) in [7, 11) is 0. The van der Waals surface area contributed by atoms with E-state index in [2.05, 4.69) is 164 Å². The van der Waals surface area contributed by atoms with Crippen molar-refractivity contribution in [1.82, 2.24) is 17.9 Å². The predicted octanol–water partition coefficient (Wildman–Crippen LogP) is 7.43. The molecule has 4 nitrogen and oxygen atoms in total. The summed E-state index contributed by atoms with van der Waals surface area (Å²) in [6.07, 6.45) is 9.01. The summed E-state index contributed by atoms with van der Waals surface area (Å²) in [5.41, 5.74) is 4.76. The zero-order valence-corrected chi connectivity index (χ0v) is 20.2. The van der Waals surface area contributed by atoms with Gasteiger partial charge in [-0.25, -0.2) is 0 Å². The molecule has 0 radical (unpaired) electrons. The molecule has 0 unspecified atom stereocenters. The van der Waals surface area contributed by atoms with Gasteiger partial charge >= 0.3 is 6.69 Å².